The monoisotopic (exact) mass is 308 g/mol. The highest BCUT2D eigenvalue weighted by Crippen LogP contribution is 2.24. The van der Waals surface area contributed by atoms with E-state index in [2.05, 4.69) is 12.2 Å². The number of rotatable bonds is 5. The Labute approximate surface area is 128 Å². The van der Waals surface area contributed by atoms with Gasteiger partial charge in [0.15, 0.2) is 0 Å². The molecule has 0 heterocycles. The molecule has 5 nitrogen and oxygen atoms in total. The summed E-state index contributed by atoms with van der Waals surface area (Å²) in [7, 11) is 0. The second kappa shape index (κ2) is 7.45. The molecule has 0 aliphatic heterocycles. The van der Waals surface area contributed by atoms with Gasteiger partial charge in [-0.1, -0.05) is 19.8 Å². The third-order valence-electron chi connectivity index (χ3n) is 3.72. The molecule has 2 atom stereocenters. The van der Waals surface area contributed by atoms with Gasteiger partial charge in [-0.25, -0.2) is 0 Å². The maximum atomic E-state index is 11.9. The van der Waals surface area contributed by atoms with Crippen LogP contribution in [0.5, 0.6) is 0 Å². The molecule has 0 radical (unpaired) electrons. The van der Waals surface area contributed by atoms with E-state index >= 15 is 0 Å². The van der Waals surface area contributed by atoms with Gasteiger partial charge < -0.3 is 5.32 Å². The topological polar surface area (TPSA) is 72.2 Å². The van der Waals surface area contributed by atoms with Crippen molar-refractivity contribution < 1.29 is 9.72 Å². The van der Waals surface area contributed by atoms with Crippen molar-refractivity contribution >= 4 is 23.4 Å². The highest BCUT2D eigenvalue weighted by atomic mass is 32.2. The van der Waals surface area contributed by atoms with Gasteiger partial charge in [0.25, 0.3) is 5.69 Å². The first-order valence-corrected chi connectivity index (χ1v) is 8.20. The lowest BCUT2D eigenvalue weighted by molar-refractivity contribution is -0.384. The van der Waals surface area contributed by atoms with Crippen LogP contribution in [0.4, 0.5) is 5.69 Å². The molecule has 2 rings (SSSR count). The Morgan fingerprint density at radius 2 is 2.10 bits per heavy atom. The first kappa shape index (κ1) is 15.8. The zero-order chi connectivity index (χ0) is 15.2. The number of carbonyl (C=O) groups excluding carboxylic acids is 1. The fourth-order valence-electron chi connectivity index (χ4n) is 2.65. The molecule has 1 aliphatic rings. The van der Waals surface area contributed by atoms with Crippen LogP contribution in [0.3, 0.4) is 0 Å². The number of nitrogens with one attached hydrogen (secondary N) is 1. The summed E-state index contributed by atoms with van der Waals surface area (Å²) in [5.74, 6) is 1.08. The van der Waals surface area contributed by atoms with Crippen LogP contribution in [0.15, 0.2) is 29.2 Å². The molecule has 0 bridgehead atoms. The lowest BCUT2D eigenvalue weighted by Gasteiger charge is -2.27. The van der Waals surface area contributed by atoms with Crippen molar-refractivity contribution in [1.29, 1.82) is 0 Å². The van der Waals surface area contributed by atoms with Gasteiger partial charge in [0, 0.05) is 23.1 Å². The zero-order valence-electron chi connectivity index (χ0n) is 12.1. The molecule has 1 amide bonds. The summed E-state index contributed by atoms with van der Waals surface area (Å²) in [6.45, 7) is 2.23. The van der Waals surface area contributed by atoms with Crippen LogP contribution in [0.25, 0.3) is 0 Å². The quantitative estimate of drug-likeness (QED) is 0.514. The summed E-state index contributed by atoms with van der Waals surface area (Å²) in [4.78, 5) is 22.9. The number of amides is 1. The van der Waals surface area contributed by atoms with E-state index in [1.54, 1.807) is 12.1 Å². The van der Waals surface area contributed by atoms with Gasteiger partial charge in [0.1, 0.15) is 0 Å². The fraction of sp³-hybridized carbons (Fsp3) is 0.533. The van der Waals surface area contributed by atoms with Crippen molar-refractivity contribution in [2.75, 3.05) is 5.75 Å². The zero-order valence-corrected chi connectivity index (χ0v) is 12.9. The van der Waals surface area contributed by atoms with Gasteiger partial charge in [-0.3, -0.25) is 14.9 Å². The number of nitro benzene ring substituents is 1. The second-order valence-electron chi connectivity index (χ2n) is 5.58. The molecule has 1 N–H and O–H groups in total. The predicted molar refractivity (Wildman–Crippen MR) is 83.4 cm³/mol. The van der Waals surface area contributed by atoms with Crippen LogP contribution >= 0.6 is 11.8 Å². The number of thioether (sulfide) groups is 1. The third kappa shape index (κ3) is 5.04. The van der Waals surface area contributed by atoms with E-state index in [0.717, 1.165) is 17.7 Å². The highest BCUT2D eigenvalue weighted by Gasteiger charge is 2.20. The lowest BCUT2D eigenvalue weighted by Crippen LogP contribution is -2.38. The Morgan fingerprint density at radius 1 is 1.38 bits per heavy atom. The average Bonchev–Trinajstić information content (AvgIpc) is 2.45. The van der Waals surface area contributed by atoms with E-state index in [9.17, 15) is 14.9 Å². The first-order chi connectivity index (χ1) is 10.0. The minimum atomic E-state index is -0.425. The first-order valence-electron chi connectivity index (χ1n) is 7.21. The van der Waals surface area contributed by atoms with Gasteiger partial charge in [-0.2, -0.15) is 0 Å². The maximum Gasteiger partial charge on any atom is 0.269 e. The van der Waals surface area contributed by atoms with E-state index in [4.69, 9.17) is 0 Å². The molecule has 2 unspecified atom stereocenters. The van der Waals surface area contributed by atoms with E-state index in [1.807, 2.05) is 0 Å². The third-order valence-corrected chi connectivity index (χ3v) is 4.73. The van der Waals surface area contributed by atoms with E-state index in [0.29, 0.717) is 17.7 Å². The van der Waals surface area contributed by atoms with E-state index in [-0.39, 0.29) is 11.6 Å². The van der Waals surface area contributed by atoms with Gasteiger partial charge in [-0.05, 0) is 30.9 Å². The summed E-state index contributed by atoms with van der Waals surface area (Å²) in [6, 6.07) is 6.59. The standard InChI is InChI=1S/C15H20N2O3S/c1-11-3-2-4-12(9-11)16-15(18)10-21-14-7-5-13(6-8-14)17(19)20/h5-8,11-12H,2-4,9-10H2,1H3,(H,16,18). The van der Waals surface area contributed by atoms with Crippen molar-refractivity contribution in [3.05, 3.63) is 34.4 Å². The molecule has 0 spiro atoms. The molecule has 1 aromatic rings. The van der Waals surface area contributed by atoms with Crippen LogP contribution < -0.4 is 5.32 Å². The molecule has 1 saturated carbocycles. The van der Waals surface area contributed by atoms with Crippen molar-refractivity contribution in [1.82, 2.24) is 5.32 Å². The van der Waals surface area contributed by atoms with Gasteiger partial charge in [0.05, 0.1) is 10.7 Å². The summed E-state index contributed by atoms with van der Waals surface area (Å²) in [6.07, 6.45) is 4.57. The Kier molecular flexibility index (Phi) is 5.61. The number of nitrogens with zero attached hydrogens (tertiary/aromatic N) is 1. The van der Waals surface area contributed by atoms with Gasteiger partial charge in [0.2, 0.25) is 5.91 Å². The Bertz CT molecular complexity index is 504. The van der Waals surface area contributed by atoms with Crippen LogP contribution in [0.2, 0.25) is 0 Å². The maximum absolute atomic E-state index is 11.9. The Hall–Kier alpha value is -1.56. The minimum absolute atomic E-state index is 0.0393. The van der Waals surface area contributed by atoms with Gasteiger partial charge in [-0.15, -0.1) is 11.8 Å². The number of nitro groups is 1. The molecule has 114 valence electrons. The smallest absolute Gasteiger partial charge is 0.269 e. The molecular weight excluding hydrogens is 288 g/mol. The Balaban J connectivity index is 1.76. The molecular formula is C15H20N2O3S. The lowest BCUT2D eigenvalue weighted by atomic mass is 9.87. The largest absolute Gasteiger partial charge is 0.353 e. The number of hydrogen-bond acceptors (Lipinski definition) is 4. The number of carbonyl (C=O) groups is 1. The van der Waals surface area contributed by atoms with Crippen molar-refractivity contribution in [2.45, 2.75) is 43.5 Å². The Morgan fingerprint density at radius 3 is 2.71 bits per heavy atom. The molecule has 21 heavy (non-hydrogen) atoms. The molecule has 1 fully saturated rings. The summed E-state index contributed by atoms with van der Waals surface area (Å²) in [5.41, 5.74) is 0.0694. The van der Waals surface area contributed by atoms with E-state index in [1.165, 1.54) is 36.7 Å². The summed E-state index contributed by atoms with van der Waals surface area (Å²) in [5, 5.41) is 13.6. The minimum Gasteiger partial charge on any atom is -0.353 e. The molecule has 1 aromatic carbocycles. The average molecular weight is 308 g/mol. The van der Waals surface area contributed by atoms with Crippen molar-refractivity contribution in [3.8, 4) is 0 Å². The predicted octanol–water partition coefficient (Wildman–Crippen LogP) is 3.38. The normalized spacial score (nSPS) is 21.8. The van der Waals surface area contributed by atoms with E-state index < -0.39 is 4.92 Å². The summed E-state index contributed by atoms with van der Waals surface area (Å²) >= 11 is 1.40. The SMILES string of the molecule is CC1CCCC(NC(=O)CSc2ccc([N+](=O)[O-])cc2)C1. The summed E-state index contributed by atoms with van der Waals surface area (Å²) < 4.78 is 0. The van der Waals surface area contributed by atoms with Crippen LogP contribution in [0, 0.1) is 16.0 Å². The molecule has 1 aliphatic carbocycles. The van der Waals surface area contributed by atoms with Crippen molar-refractivity contribution in [3.63, 3.8) is 0 Å². The molecule has 6 heteroatoms. The molecule has 0 aromatic heterocycles. The van der Waals surface area contributed by atoms with Gasteiger partial charge >= 0.3 is 0 Å². The number of hydrogen-bond donors (Lipinski definition) is 1. The number of benzene rings is 1. The fourth-order valence-corrected chi connectivity index (χ4v) is 3.36. The second-order valence-corrected chi connectivity index (χ2v) is 6.62. The van der Waals surface area contributed by atoms with Crippen LogP contribution in [-0.4, -0.2) is 22.6 Å². The number of non-ortho nitro benzene ring substituents is 1. The van der Waals surface area contributed by atoms with Crippen molar-refractivity contribution in [2.24, 2.45) is 5.92 Å². The van der Waals surface area contributed by atoms with Crippen LogP contribution in [0.1, 0.15) is 32.6 Å². The highest BCUT2D eigenvalue weighted by molar-refractivity contribution is 8.00. The molecule has 0 saturated heterocycles. The van der Waals surface area contributed by atoms with Crippen LogP contribution in [-0.2, 0) is 4.79 Å².